The van der Waals surface area contributed by atoms with Crippen LogP contribution in [0, 0.1) is 5.82 Å². The summed E-state index contributed by atoms with van der Waals surface area (Å²) in [5.41, 5.74) is 4.07. The molecule has 1 aliphatic carbocycles. The van der Waals surface area contributed by atoms with E-state index in [0.717, 1.165) is 23.8 Å². The molecular weight excluding hydrogens is 405 g/mol. The van der Waals surface area contributed by atoms with Gasteiger partial charge in [0.2, 0.25) is 16.0 Å². The Morgan fingerprint density at radius 2 is 1.87 bits per heavy atom. The van der Waals surface area contributed by atoms with Crippen LogP contribution in [0.2, 0.25) is 0 Å². The molecule has 0 aliphatic heterocycles. The Hall–Kier alpha value is -3.46. The Morgan fingerprint density at radius 1 is 1.07 bits per heavy atom. The van der Waals surface area contributed by atoms with E-state index in [1.807, 2.05) is 19.1 Å². The van der Waals surface area contributed by atoms with Gasteiger partial charge >= 0.3 is 0 Å². The molecule has 30 heavy (non-hydrogen) atoms. The molecule has 1 aromatic heterocycles. The van der Waals surface area contributed by atoms with Gasteiger partial charge in [0, 0.05) is 17.4 Å². The van der Waals surface area contributed by atoms with E-state index in [1.54, 1.807) is 42.6 Å². The van der Waals surface area contributed by atoms with Crippen LogP contribution in [-0.2, 0) is 16.4 Å². The highest BCUT2D eigenvalue weighted by Gasteiger charge is 2.17. The summed E-state index contributed by atoms with van der Waals surface area (Å²) in [6.45, 7) is 1.98. The molecule has 3 aromatic rings. The molecule has 0 fully saturated rings. The second kappa shape index (κ2) is 7.75. The van der Waals surface area contributed by atoms with E-state index in [-0.39, 0.29) is 11.8 Å². The van der Waals surface area contributed by atoms with Crippen molar-refractivity contribution in [1.82, 2.24) is 9.97 Å². The lowest BCUT2D eigenvalue weighted by Gasteiger charge is -2.11. The first kappa shape index (κ1) is 19.8. The number of aromatic nitrogens is 2. The molecule has 0 unspecified atom stereocenters. The Labute approximate surface area is 174 Å². The average molecular weight is 425 g/mol. The van der Waals surface area contributed by atoms with Gasteiger partial charge in [-0.3, -0.25) is 4.72 Å². The molecule has 0 radical (unpaired) electrons. The summed E-state index contributed by atoms with van der Waals surface area (Å²) < 4.78 is 40.1. The summed E-state index contributed by atoms with van der Waals surface area (Å²) in [7, 11) is -3.38. The van der Waals surface area contributed by atoms with Crippen molar-refractivity contribution in [3.05, 3.63) is 71.2 Å². The van der Waals surface area contributed by atoms with E-state index >= 15 is 0 Å². The highest BCUT2D eigenvalue weighted by atomic mass is 32.2. The second-order valence-electron chi connectivity index (χ2n) is 7.14. The number of fused-ring (bicyclic) bond motifs is 1. The molecule has 4 rings (SSSR count). The van der Waals surface area contributed by atoms with E-state index in [2.05, 4.69) is 25.3 Å². The van der Waals surface area contributed by atoms with Crippen LogP contribution in [0.1, 0.15) is 18.1 Å². The number of hydrogen-bond acceptors (Lipinski definition) is 6. The summed E-state index contributed by atoms with van der Waals surface area (Å²) in [5.74, 6) is 0.404. The van der Waals surface area contributed by atoms with Crippen LogP contribution in [0.5, 0.6) is 0 Å². The molecule has 0 spiro atoms. The van der Waals surface area contributed by atoms with Gasteiger partial charge in [-0.05, 0) is 49.2 Å². The molecular formula is C21H20FN5O2S. The molecule has 1 aliphatic rings. The van der Waals surface area contributed by atoms with Crippen molar-refractivity contribution in [2.45, 2.75) is 13.3 Å². The van der Waals surface area contributed by atoms with Crippen LogP contribution in [0.15, 0.2) is 54.2 Å². The molecule has 0 atom stereocenters. The Bertz CT molecular complexity index is 1260. The van der Waals surface area contributed by atoms with Gasteiger partial charge in [0.25, 0.3) is 0 Å². The van der Waals surface area contributed by atoms with E-state index < -0.39 is 10.0 Å². The Morgan fingerprint density at radius 3 is 2.67 bits per heavy atom. The van der Waals surface area contributed by atoms with Gasteiger partial charge in [0.05, 0.1) is 17.6 Å². The number of rotatable bonds is 6. The van der Waals surface area contributed by atoms with Gasteiger partial charge in [0.1, 0.15) is 5.82 Å². The maximum atomic E-state index is 14.8. The molecule has 3 N–H and O–H groups in total. The lowest BCUT2D eigenvalue weighted by atomic mass is 10.1. The Kier molecular flexibility index (Phi) is 5.13. The third-order valence-corrected chi connectivity index (χ3v) is 5.08. The summed E-state index contributed by atoms with van der Waals surface area (Å²) >= 11 is 0. The fraction of sp³-hybridized carbons (Fsp3) is 0.143. The predicted octanol–water partition coefficient (Wildman–Crippen LogP) is 4.43. The van der Waals surface area contributed by atoms with Crippen molar-refractivity contribution >= 4 is 44.9 Å². The number of halogens is 1. The highest BCUT2D eigenvalue weighted by molar-refractivity contribution is 7.92. The van der Waals surface area contributed by atoms with E-state index in [1.165, 1.54) is 0 Å². The minimum atomic E-state index is -3.38. The second-order valence-corrected chi connectivity index (χ2v) is 8.89. The number of anilines is 5. The standard InChI is InChI=1S/C21H20FN5O2S/c1-13-10-14-6-7-18(20(22)17(14)11-13)25-19-8-9-23-21(26-19)24-15-4-3-5-16(12-15)27-30(2,28)29/h3-9,11-12,27H,10H2,1-2H3,(H2,23,24,25,26). The molecule has 9 heteroatoms. The largest absolute Gasteiger partial charge is 0.338 e. The van der Waals surface area contributed by atoms with E-state index in [0.29, 0.717) is 28.4 Å². The smallest absolute Gasteiger partial charge is 0.229 e. The number of benzene rings is 2. The van der Waals surface area contributed by atoms with Crippen molar-refractivity contribution in [3.63, 3.8) is 0 Å². The van der Waals surface area contributed by atoms with Crippen molar-refractivity contribution in [2.24, 2.45) is 0 Å². The van der Waals surface area contributed by atoms with Crippen LogP contribution in [-0.4, -0.2) is 24.6 Å². The van der Waals surface area contributed by atoms with Crippen LogP contribution < -0.4 is 15.4 Å². The first-order chi connectivity index (χ1) is 14.3. The molecule has 0 saturated heterocycles. The van der Waals surface area contributed by atoms with Gasteiger partial charge in [-0.2, -0.15) is 4.98 Å². The fourth-order valence-corrected chi connectivity index (χ4v) is 3.82. The molecule has 2 aromatic carbocycles. The van der Waals surface area contributed by atoms with Crippen LogP contribution in [0.25, 0.3) is 6.08 Å². The van der Waals surface area contributed by atoms with Crippen LogP contribution >= 0.6 is 0 Å². The zero-order valence-corrected chi connectivity index (χ0v) is 17.2. The molecule has 0 saturated carbocycles. The van der Waals surface area contributed by atoms with E-state index in [9.17, 15) is 12.8 Å². The molecule has 1 heterocycles. The molecule has 0 amide bonds. The number of nitrogens with one attached hydrogen (secondary N) is 3. The number of allylic oxidation sites excluding steroid dienone is 1. The van der Waals surface area contributed by atoms with Gasteiger partial charge in [0.15, 0.2) is 5.82 Å². The van der Waals surface area contributed by atoms with E-state index in [4.69, 9.17) is 0 Å². The topological polar surface area (TPSA) is 96.0 Å². The lowest BCUT2D eigenvalue weighted by molar-refractivity contribution is 0.607. The monoisotopic (exact) mass is 425 g/mol. The minimum Gasteiger partial charge on any atom is -0.338 e. The first-order valence-electron chi connectivity index (χ1n) is 9.20. The summed E-state index contributed by atoms with van der Waals surface area (Å²) in [6.07, 6.45) is 5.26. The van der Waals surface area contributed by atoms with Crippen molar-refractivity contribution in [3.8, 4) is 0 Å². The third kappa shape index (κ3) is 4.57. The van der Waals surface area contributed by atoms with Crippen LogP contribution in [0.3, 0.4) is 0 Å². The SMILES string of the molecule is CC1=Cc2c(ccc(Nc3ccnc(Nc4cccc(NS(C)(=O)=O)c4)n3)c2F)C1. The summed E-state index contributed by atoms with van der Waals surface area (Å²) in [5, 5.41) is 6.02. The fourth-order valence-electron chi connectivity index (χ4n) is 3.27. The zero-order chi connectivity index (χ0) is 21.3. The van der Waals surface area contributed by atoms with Gasteiger partial charge in [-0.15, -0.1) is 0 Å². The number of sulfonamides is 1. The van der Waals surface area contributed by atoms with Crippen molar-refractivity contribution in [2.75, 3.05) is 21.6 Å². The number of nitrogens with zero attached hydrogens (tertiary/aromatic N) is 2. The molecule has 154 valence electrons. The Balaban J connectivity index is 1.53. The number of hydrogen-bond donors (Lipinski definition) is 3. The quantitative estimate of drug-likeness (QED) is 0.541. The zero-order valence-electron chi connectivity index (χ0n) is 16.4. The third-order valence-electron chi connectivity index (χ3n) is 4.47. The normalized spacial score (nSPS) is 12.8. The predicted molar refractivity (Wildman–Crippen MR) is 117 cm³/mol. The molecule has 7 nitrogen and oxygen atoms in total. The molecule has 0 bridgehead atoms. The maximum Gasteiger partial charge on any atom is 0.229 e. The van der Waals surface area contributed by atoms with Gasteiger partial charge < -0.3 is 10.6 Å². The first-order valence-corrected chi connectivity index (χ1v) is 11.1. The van der Waals surface area contributed by atoms with Gasteiger partial charge in [-0.25, -0.2) is 17.8 Å². The minimum absolute atomic E-state index is 0.286. The maximum absolute atomic E-state index is 14.8. The van der Waals surface area contributed by atoms with Crippen molar-refractivity contribution < 1.29 is 12.8 Å². The van der Waals surface area contributed by atoms with Crippen LogP contribution in [0.4, 0.5) is 33.2 Å². The summed E-state index contributed by atoms with van der Waals surface area (Å²) in [4.78, 5) is 8.53. The van der Waals surface area contributed by atoms with Gasteiger partial charge in [-0.1, -0.05) is 23.8 Å². The average Bonchev–Trinajstić information content (AvgIpc) is 3.05. The van der Waals surface area contributed by atoms with Crippen molar-refractivity contribution in [1.29, 1.82) is 0 Å². The lowest BCUT2D eigenvalue weighted by Crippen LogP contribution is -2.09. The highest BCUT2D eigenvalue weighted by Crippen LogP contribution is 2.32. The summed E-state index contributed by atoms with van der Waals surface area (Å²) in [6, 6.07) is 12.0.